The van der Waals surface area contributed by atoms with E-state index in [1.807, 2.05) is 4.90 Å². The van der Waals surface area contributed by atoms with E-state index in [0.717, 1.165) is 45.3 Å². The third-order valence-corrected chi connectivity index (χ3v) is 4.58. The average Bonchev–Trinajstić information content (AvgIpc) is 2.94. The van der Waals surface area contributed by atoms with Crippen LogP contribution >= 0.6 is 0 Å². The molecule has 1 aliphatic carbocycles. The second-order valence-corrected chi connectivity index (χ2v) is 6.17. The third-order valence-electron chi connectivity index (χ3n) is 4.58. The van der Waals surface area contributed by atoms with E-state index in [0.29, 0.717) is 18.9 Å². The first-order valence-corrected chi connectivity index (χ1v) is 8.12. The molecule has 21 heavy (non-hydrogen) atoms. The number of carboxylic acids is 1. The molecule has 0 aromatic heterocycles. The normalized spacial score (nSPS) is 26.5. The zero-order valence-corrected chi connectivity index (χ0v) is 12.8. The molecule has 120 valence electrons. The first kappa shape index (κ1) is 16.1. The van der Waals surface area contributed by atoms with E-state index >= 15 is 0 Å². The summed E-state index contributed by atoms with van der Waals surface area (Å²) in [6.07, 6.45) is 4.94. The molecule has 1 saturated carbocycles. The number of aliphatic carboxylic acids is 1. The predicted octanol–water partition coefficient (Wildman–Crippen LogP) is 1.41. The standard InChI is InChI=1S/C15H27N3O3/c1-2-9-18(13-5-7-16-8-6-13)15(21)17-12-4-3-11(10-12)14(19)20/h11-13,16H,2-10H2,1H3,(H,17,21)(H,19,20)/t11-,12+/m1/s1. The van der Waals surface area contributed by atoms with Gasteiger partial charge in [0.2, 0.25) is 0 Å². The highest BCUT2D eigenvalue weighted by molar-refractivity contribution is 5.75. The molecule has 6 nitrogen and oxygen atoms in total. The Labute approximate surface area is 126 Å². The Balaban J connectivity index is 1.88. The molecular weight excluding hydrogens is 270 g/mol. The lowest BCUT2D eigenvalue weighted by Crippen LogP contribution is -2.52. The number of urea groups is 1. The van der Waals surface area contributed by atoms with Gasteiger partial charge in [0, 0.05) is 18.6 Å². The average molecular weight is 297 g/mol. The Morgan fingerprint density at radius 2 is 1.95 bits per heavy atom. The lowest BCUT2D eigenvalue weighted by molar-refractivity contribution is -0.141. The number of carbonyl (C=O) groups excluding carboxylic acids is 1. The SMILES string of the molecule is CCCN(C(=O)N[C@H]1CC[C@@H](C(=O)O)C1)C1CCNCC1. The van der Waals surface area contributed by atoms with Crippen LogP contribution in [-0.4, -0.2) is 53.7 Å². The quantitative estimate of drug-likeness (QED) is 0.716. The number of hydrogen-bond donors (Lipinski definition) is 3. The van der Waals surface area contributed by atoms with Gasteiger partial charge in [0.15, 0.2) is 0 Å². The molecule has 1 saturated heterocycles. The van der Waals surface area contributed by atoms with Crippen LogP contribution in [0.2, 0.25) is 0 Å². The van der Waals surface area contributed by atoms with Crippen LogP contribution in [0.4, 0.5) is 4.79 Å². The van der Waals surface area contributed by atoms with Crippen LogP contribution in [0.1, 0.15) is 45.4 Å². The van der Waals surface area contributed by atoms with Crippen molar-refractivity contribution in [1.29, 1.82) is 0 Å². The molecular formula is C15H27N3O3. The molecule has 2 aliphatic rings. The summed E-state index contributed by atoms with van der Waals surface area (Å²) < 4.78 is 0. The van der Waals surface area contributed by atoms with Crippen LogP contribution in [0.5, 0.6) is 0 Å². The van der Waals surface area contributed by atoms with Crippen molar-refractivity contribution in [2.75, 3.05) is 19.6 Å². The molecule has 0 unspecified atom stereocenters. The van der Waals surface area contributed by atoms with Gasteiger partial charge < -0.3 is 20.6 Å². The van der Waals surface area contributed by atoms with Gasteiger partial charge >= 0.3 is 12.0 Å². The van der Waals surface area contributed by atoms with E-state index in [1.165, 1.54) is 0 Å². The molecule has 1 aliphatic heterocycles. The summed E-state index contributed by atoms with van der Waals surface area (Å²) in [5, 5.41) is 15.4. The molecule has 0 aromatic rings. The lowest BCUT2D eigenvalue weighted by Gasteiger charge is -2.35. The molecule has 2 atom stereocenters. The highest BCUT2D eigenvalue weighted by Gasteiger charge is 2.32. The van der Waals surface area contributed by atoms with E-state index in [2.05, 4.69) is 17.6 Å². The predicted molar refractivity (Wildman–Crippen MR) is 80.2 cm³/mol. The van der Waals surface area contributed by atoms with Gasteiger partial charge in [-0.05, 0) is 51.6 Å². The Morgan fingerprint density at radius 3 is 2.52 bits per heavy atom. The van der Waals surface area contributed by atoms with E-state index in [9.17, 15) is 9.59 Å². The third kappa shape index (κ3) is 4.33. The summed E-state index contributed by atoms with van der Waals surface area (Å²) in [6.45, 7) is 4.77. The van der Waals surface area contributed by atoms with Crippen LogP contribution in [0.3, 0.4) is 0 Å². The first-order chi connectivity index (χ1) is 10.1. The van der Waals surface area contributed by atoms with Gasteiger partial charge in [0.1, 0.15) is 0 Å². The fourth-order valence-corrected chi connectivity index (χ4v) is 3.40. The maximum Gasteiger partial charge on any atom is 0.317 e. The summed E-state index contributed by atoms with van der Waals surface area (Å²) in [7, 11) is 0. The Hall–Kier alpha value is -1.30. The minimum atomic E-state index is -0.740. The molecule has 0 spiro atoms. The van der Waals surface area contributed by atoms with Gasteiger partial charge in [0.05, 0.1) is 5.92 Å². The highest BCUT2D eigenvalue weighted by atomic mass is 16.4. The van der Waals surface area contributed by atoms with Gasteiger partial charge in [-0.15, -0.1) is 0 Å². The first-order valence-electron chi connectivity index (χ1n) is 8.12. The second kappa shape index (κ2) is 7.64. The Morgan fingerprint density at radius 1 is 1.24 bits per heavy atom. The van der Waals surface area contributed by atoms with Gasteiger partial charge in [-0.25, -0.2) is 4.79 Å². The molecule has 1 heterocycles. The zero-order valence-electron chi connectivity index (χ0n) is 12.8. The van der Waals surface area contributed by atoms with Crippen LogP contribution in [0, 0.1) is 5.92 Å². The summed E-state index contributed by atoms with van der Waals surface area (Å²) in [4.78, 5) is 25.5. The van der Waals surface area contributed by atoms with Crippen molar-refractivity contribution in [1.82, 2.24) is 15.5 Å². The summed E-state index contributed by atoms with van der Waals surface area (Å²) in [6, 6.07) is 0.308. The second-order valence-electron chi connectivity index (χ2n) is 6.17. The zero-order chi connectivity index (χ0) is 15.2. The van der Waals surface area contributed by atoms with Crippen LogP contribution < -0.4 is 10.6 Å². The number of hydrogen-bond acceptors (Lipinski definition) is 3. The lowest BCUT2D eigenvalue weighted by atomic mass is 10.0. The van der Waals surface area contributed by atoms with E-state index < -0.39 is 5.97 Å². The van der Waals surface area contributed by atoms with Gasteiger partial charge in [-0.3, -0.25) is 4.79 Å². The fourth-order valence-electron chi connectivity index (χ4n) is 3.40. The number of rotatable bonds is 5. The van der Waals surface area contributed by atoms with Crippen molar-refractivity contribution < 1.29 is 14.7 Å². The number of nitrogens with zero attached hydrogens (tertiary/aromatic N) is 1. The number of nitrogens with one attached hydrogen (secondary N) is 2. The van der Waals surface area contributed by atoms with Crippen molar-refractivity contribution in [2.24, 2.45) is 5.92 Å². The molecule has 2 rings (SSSR count). The number of piperidine rings is 1. The molecule has 3 N–H and O–H groups in total. The molecule has 6 heteroatoms. The largest absolute Gasteiger partial charge is 0.481 e. The Kier molecular flexibility index (Phi) is 5.85. The number of carbonyl (C=O) groups is 2. The topological polar surface area (TPSA) is 81.7 Å². The molecule has 0 radical (unpaired) electrons. The summed E-state index contributed by atoms with van der Waals surface area (Å²) >= 11 is 0. The molecule has 2 amide bonds. The van der Waals surface area contributed by atoms with E-state index in [1.54, 1.807) is 0 Å². The summed E-state index contributed by atoms with van der Waals surface area (Å²) in [5.41, 5.74) is 0. The maximum atomic E-state index is 12.5. The molecule has 0 aromatic carbocycles. The monoisotopic (exact) mass is 297 g/mol. The fraction of sp³-hybridized carbons (Fsp3) is 0.867. The maximum absolute atomic E-state index is 12.5. The smallest absolute Gasteiger partial charge is 0.317 e. The van der Waals surface area contributed by atoms with Gasteiger partial charge in [0.25, 0.3) is 0 Å². The Bertz CT molecular complexity index is 369. The van der Waals surface area contributed by atoms with E-state index in [-0.39, 0.29) is 18.0 Å². The van der Waals surface area contributed by atoms with Gasteiger partial charge in [-0.1, -0.05) is 6.92 Å². The number of amides is 2. The minimum absolute atomic E-state index is 0.0136. The van der Waals surface area contributed by atoms with Gasteiger partial charge in [-0.2, -0.15) is 0 Å². The molecule has 0 bridgehead atoms. The molecule has 2 fully saturated rings. The van der Waals surface area contributed by atoms with Crippen molar-refractivity contribution >= 4 is 12.0 Å². The highest BCUT2D eigenvalue weighted by Crippen LogP contribution is 2.26. The minimum Gasteiger partial charge on any atom is -0.481 e. The van der Waals surface area contributed by atoms with E-state index in [4.69, 9.17) is 5.11 Å². The van der Waals surface area contributed by atoms with Crippen molar-refractivity contribution in [3.63, 3.8) is 0 Å². The van der Waals surface area contributed by atoms with Crippen LogP contribution in [0.25, 0.3) is 0 Å². The van der Waals surface area contributed by atoms with Crippen molar-refractivity contribution in [3.05, 3.63) is 0 Å². The van der Waals surface area contributed by atoms with Crippen LogP contribution in [-0.2, 0) is 4.79 Å². The van der Waals surface area contributed by atoms with Crippen molar-refractivity contribution in [3.8, 4) is 0 Å². The number of carboxylic acid groups (broad SMARTS) is 1. The summed E-state index contributed by atoms with van der Waals surface area (Å²) in [5.74, 6) is -1.04. The van der Waals surface area contributed by atoms with Crippen LogP contribution in [0.15, 0.2) is 0 Å². The van der Waals surface area contributed by atoms with Crippen molar-refractivity contribution in [2.45, 2.75) is 57.5 Å².